The summed E-state index contributed by atoms with van der Waals surface area (Å²) in [5, 5.41) is -0.335. The van der Waals surface area contributed by atoms with Crippen molar-refractivity contribution in [2.24, 2.45) is 0 Å². The predicted molar refractivity (Wildman–Crippen MR) is 115 cm³/mol. The number of thiazole rings is 1. The molecule has 7 nitrogen and oxygen atoms in total. The topological polar surface area (TPSA) is 79.7 Å². The number of fused-ring (bicyclic) bond motifs is 1. The first-order chi connectivity index (χ1) is 15.5. The summed E-state index contributed by atoms with van der Waals surface area (Å²) in [6, 6.07) is 5.38. The van der Waals surface area contributed by atoms with Crippen LogP contribution in [0.5, 0.6) is 5.75 Å². The number of halogens is 4. The van der Waals surface area contributed by atoms with E-state index >= 15 is 0 Å². The molecule has 176 valence electrons. The summed E-state index contributed by atoms with van der Waals surface area (Å²) >= 11 is 6.92. The highest BCUT2D eigenvalue weighted by Crippen LogP contribution is 2.34. The monoisotopic (exact) mass is 502 g/mol. The first kappa shape index (κ1) is 23.5. The number of pyridine rings is 1. The van der Waals surface area contributed by atoms with Gasteiger partial charge in [-0.25, -0.2) is 14.3 Å². The molecular weight excluding hydrogens is 485 g/mol. The minimum absolute atomic E-state index is 0.143. The molecule has 0 aliphatic carbocycles. The molecule has 1 unspecified atom stereocenters. The number of hydrogen-bond acceptors (Lipinski definition) is 7. The highest BCUT2D eigenvalue weighted by atomic mass is 35.5. The van der Waals surface area contributed by atoms with Crippen molar-refractivity contribution in [3.63, 3.8) is 0 Å². The molecule has 1 atom stereocenters. The first-order valence-electron chi connectivity index (χ1n) is 9.86. The number of alkyl halides is 3. The van der Waals surface area contributed by atoms with Crippen molar-refractivity contribution < 1.29 is 32.2 Å². The fourth-order valence-corrected chi connectivity index (χ4v) is 4.36. The molecule has 0 radical (unpaired) electrons. The third kappa shape index (κ3) is 4.85. The number of carbonyl (C=O) groups is 1. The number of hydrogen-bond donors (Lipinski definition) is 0. The van der Waals surface area contributed by atoms with E-state index in [-0.39, 0.29) is 16.6 Å². The van der Waals surface area contributed by atoms with E-state index in [4.69, 9.17) is 25.8 Å². The smallest absolute Gasteiger partial charge is 0.417 e. The summed E-state index contributed by atoms with van der Waals surface area (Å²) in [5.41, 5.74) is -2.08. The molecule has 1 aliphatic heterocycles. The molecule has 1 fully saturated rings. The van der Waals surface area contributed by atoms with Crippen LogP contribution in [0.2, 0.25) is 5.02 Å². The zero-order chi connectivity index (χ0) is 24.0. The van der Waals surface area contributed by atoms with Crippen LogP contribution >= 0.6 is 22.9 Å². The van der Waals surface area contributed by atoms with Crippen LogP contribution < -0.4 is 9.61 Å². The molecule has 3 heterocycles. The lowest BCUT2D eigenvalue weighted by atomic mass is 10.1. The van der Waals surface area contributed by atoms with Crippen molar-refractivity contribution in [3.8, 4) is 11.6 Å². The first-order valence-corrected chi connectivity index (χ1v) is 11.1. The molecule has 2 aromatic heterocycles. The van der Waals surface area contributed by atoms with Crippen LogP contribution in [0.1, 0.15) is 32.3 Å². The molecule has 12 heteroatoms. The quantitative estimate of drug-likeness (QED) is 0.459. The fraction of sp³-hybridized carbons (Fsp3) is 0.381. The second-order valence-corrected chi connectivity index (χ2v) is 9.22. The molecule has 0 saturated carbocycles. The van der Waals surface area contributed by atoms with Gasteiger partial charge in [-0.3, -0.25) is 4.79 Å². The van der Waals surface area contributed by atoms with Gasteiger partial charge in [-0.05, 0) is 38.5 Å². The van der Waals surface area contributed by atoms with Crippen LogP contribution in [0.15, 0.2) is 35.3 Å². The van der Waals surface area contributed by atoms with Gasteiger partial charge in [-0.2, -0.15) is 13.2 Å². The van der Waals surface area contributed by atoms with E-state index in [9.17, 15) is 22.8 Å². The minimum atomic E-state index is -4.62. The largest absolute Gasteiger partial charge is 0.476 e. The Morgan fingerprint density at radius 3 is 2.70 bits per heavy atom. The van der Waals surface area contributed by atoms with Gasteiger partial charge in [0.05, 0.1) is 27.4 Å². The molecule has 3 aromatic rings. The van der Waals surface area contributed by atoms with Crippen LogP contribution in [0.25, 0.3) is 16.0 Å². The van der Waals surface area contributed by atoms with E-state index in [1.807, 2.05) is 0 Å². The van der Waals surface area contributed by atoms with Crippen LogP contribution in [0, 0.1) is 0 Å². The number of carbonyl (C=O) groups excluding carboxylic acids is 1. The van der Waals surface area contributed by atoms with Crippen molar-refractivity contribution >= 4 is 39.1 Å². The lowest BCUT2D eigenvalue weighted by Gasteiger charge is -2.26. The fourth-order valence-electron chi connectivity index (χ4n) is 3.25. The molecule has 0 spiro atoms. The third-order valence-electron chi connectivity index (χ3n) is 4.90. The van der Waals surface area contributed by atoms with Crippen LogP contribution in [-0.4, -0.2) is 34.0 Å². The minimum Gasteiger partial charge on any atom is -0.476 e. The van der Waals surface area contributed by atoms with E-state index in [2.05, 4.69) is 4.98 Å². The molecular formula is C21H18ClF3N2O5S. The highest BCUT2D eigenvalue weighted by molar-refractivity contribution is 7.16. The Kier molecular flexibility index (Phi) is 6.14. The molecule has 0 bridgehead atoms. The Hall–Kier alpha value is -2.63. The van der Waals surface area contributed by atoms with Crippen LogP contribution in [0.3, 0.4) is 0 Å². The van der Waals surface area contributed by atoms with Crippen molar-refractivity contribution in [2.45, 2.75) is 44.8 Å². The molecule has 1 aliphatic rings. The maximum absolute atomic E-state index is 13.0. The lowest BCUT2D eigenvalue weighted by molar-refractivity contribution is -0.184. The number of rotatable bonds is 5. The van der Waals surface area contributed by atoms with Gasteiger partial charge >= 0.3 is 17.0 Å². The Bertz CT molecular complexity index is 1260. The maximum Gasteiger partial charge on any atom is 0.417 e. The summed E-state index contributed by atoms with van der Waals surface area (Å²) in [4.78, 5) is 28.4. The molecule has 4 rings (SSSR count). The van der Waals surface area contributed by atoms with Crippen LogP contribution in [0.4, 0.5) is 13.2 Å². The lowest BCUT2D eigenvalue weighted by Crippen LogP contribution is -2.41. The van der Waals surface area contributed by atoms with Crippen molar-refractivity contribution in [1.29, 1.82) is 0 Å². The Balaban J connectivity index is 1.66. The normalized spacial score (nSPS) is 16.8. The zero-order valence-electron chi connectivity index (χ0n) is 17.4. The highest BCUT2D eigenvalue weighted by Gasteiger charge is 2.35. The van der Waals surface area contributed by atoms with E-state index in [0.717, 1.165) is 22.3 Å². The number of benzene rings is 1. The Morgan fingerprint density at radius 2 is 2.06 bits per heavy atom. The van der Waals surface area contributed by atoms with Gasteiger partial charge in [0.25, 0.3) is 0 Å². The second kappa shape index (κ2) is 8.62. The van der Waals surface area contributed by atoms with Gasteiger partial charge in [0.2, 0.25) is 6.29 Å². The number of esters is 1. The third-order valence-corrected chi connectivity index (χ3v) is 6.10. The Morgan fingerprint density at radius 1 is 1.30 bits per heavy atom. The maximum atomic E-state index is 13.0. The molecule has 1 aromatic carbocycles. The number of ether oxygens (including phenoxy) is 3. The van der Waals surface area contributed by atoms with Gasteiger partial charge in [0, 0.05) is 18.7 Å². The average Bonchev–Trinajstić information content (AvgIpc) is 3.34. The van der Waals surface area contributed by atoms with Gasteiger partial charge < -0.3 is 14.2 Å². The van der Waals surface area contributed by atoms with Crippen molar-refractivity contribution in [1.82, 2.24) is 9.55 Å². The Labute approximate surface area is 194 Å². The van der Waals surface area contributed by atoms with Crippen molar-refractivity contribution in [3.05, 3.63) is 50.7 Å². The predicted octanol–water partition coefficient (Wildman–Crippen LogP) is 4.96. The summed E-state index contributed by atoms with van der Waals surface area (Å²) in [7, 11) is 0. The van der Waals surface area contributed by atoms with E-state index in [1.165, 1.54) is 19.9 Å². The molecule has 0 amide bonds. The summed E-state index contributed by atoms with van der Waals surface area (Å²) in [6.07, 6.45) is -3.22. The number of aromatic nitrogens is 2. The average molecular weight is 503 g/mol. The summed E-state index contributed by atoms with van der Waals surface area (Å²) in [6.45, 7) is 3.58. The van der Waals surface area contributed by atoms with E-state index < -0.39 is 34.5 Å². The summed E-state index contributed by atoms with van der Waals surface area (Å²) in [5.74, 6) is -0.522. The SMILES string of the molecule is CC(C)(Oc1ccc2sc(=O)n(-c3ncc(C(F)(F)F)cc3Cl)c2c1)C(=O)OC1CCCO1. The standard InChI is InChI=1S/C21H18ClF3N2O5S/c1-20(2,18(28)31-16-4-3-7-30-16)32-12-5-6-15-14(9-12)27(19(29)33-15)17-13(22)8-11(10-26-17)21(23,24)25/h5-6,8-10,16H,3-4,7H2,1-2H3. The molecule has 0 N–H and O–H groups in total. The molecule has 33 heavy (non-hydrogen) atoms. The van der Waals surface area contributed by atoms with Crippen molar-refractivity contribution in [2.75, 3.05) is 6.61 Å². The molecule has 1 saturated heterocycles. The van der Waals surface area contributed by atoms with E-state index in [1.54, 1.807) is 12.1 Å². The number of nitrogens with zero attached hydrogens (tertiary/aromatic N) is 2. The summed E-state index contributed by atoms with van der Waals surface area (Å²) < 4.78 is 57.0. The van der Waals surface area contributed by atoms with Crippen LogP contribution in [-0.2, 0) is 20.4 Å². The van der Waals surface area contributed by atoms with Gasteiger partial charge in [-0.15, -0.1) is 0 Å². The second-order valence-electron chi connectivity index (χ2n) is 7.82. The van der Waals surface area contributed by atoms with Gasteiger partial charge in [-0.1, -0.05) is 22.9 Å². The van der Waals surface area contributed by atoms with Gasteiger partial charge in [0.1, 0.15) is 5.75 Å². The van der Waals surface area contributed by atoms with E-state index in [0.29, 0.717) is 35.5 Å². The van der Waals surface area contributed by atoms with Gasteiger partial charge in [0.15, 0.2) is 11.4 Å². The zero-order valence-corrected chi connectivity index (χ0v) is 19.0.